The second kappa shape index (κ2) is 11.6. The van der Waals surface area contributed by atoms with Gasteiger partial charge in [0.2, 0.25) is 0 Å². The first kappa shape index (κ1) is 27.5. The predicted molar refractivity (Wildman–Crippen MR) is 112 cm³/mol. The van der Waals surface area contributed by atoms with Gasteiger partial charge in [0.05, 0.1) is 30.9 Å². The SMILES string of the molecule is NC(CO)(CCC1C=C(C(F)(F)F)C(OCCCc2ccccc2F)=CC1)COP(=O)(O)O. The number of ether oxygens (including phenoxy) is 1. The molecule has 0 radical (unpaired) electrons. The van der Waals surface area contributed by atoms with Gasteiger partial charge in [-0.05, 0) is 55.7 Å². The lowest BCUT2D eigenvalue weighted by Gasteiger charge is -2.29. The van der Waals surface area contributed by atoms with Gasteiger partial charge in [-0.1, -0.05) is 24.3 Å². The van der Waals surface area contributed by atoms with Gasteiger partial charge >= 0.3 is 14.0 Å². The Kier molecular flexibility index (Phi) is 9.66. The number of benzene rings is 1. The number of aryl methyl sites for hydroxylation is 1. The molecule has 0 spiro atoms. The van der Waals surface area contributed by atoms with Crippen LogP contribution in [0.5, 0.6) is 0 Å². The zero-order valence-electron chi connectivity index (χ0n) is 17.8. The zero-order valence-corrected chi connectivity index (χ0v) is 18.7. The van der Waals surface area contributed by atoms with Crippen molar-refractivity contribution in [3.8, 4) is 0 Å². The summed E-state index contributed by atoms with van der Waals surface area (Å²) in [6, 6.07) is 6.16. The predicted octanol–water partition coefficient (Wildman–Crippen LogP) is 3.75. The quantitative estimate of drug-likeness (QED) is 0.197. The second-order valence-electron chi connectivity index (χ2n) is 8.01. The highest BCUT2D eigenvalue weighted by Gasteiger charge is 2.39. The summed E-state index contributed by atoms with van der Waals surface area (Å²) in [5.74, 6) is -1.24. The molecule has 2 rings (SSSR count). The topological polar surface area (TPSA) is 122 Å². The summed E-state index contributed by atoms with van der Waals surface area (Å²) in [6.07, 6.45) is -1.31. The van der Waals surface area contributed by atoms with Crippen LogP contribution in [0.15, 0.2) is 47.7 Å². The van der Waals surface area contributed by atoms with Crippen LogP contribution >= 0.6 is 7.82 Å². The van der Waals surface area contributed by atoms with E-state index in [1.807, 2.05) is 0 Å². The third-order valence-electron chi connectivity index (χ3n) is 5.23. The summed E-state index contributed by atoms with van der Waals surface area (Å²) in [4.78, 5) is 17.6. The maximum Gasteiger partial charge on any atom is 0.469 e. The largest absolute Gasteiger partial charge is 0.493 e. The van der Waals surface area contributed by atoms with Crippen LogP contribution in [-0.4, -0.2) is 46.4 Å². The first-order valence-electron chi connectivity index (χ1n) is 10.3. The normalized spacial score (nSPS) is 19.0. The molecule has 1 aliphatic rings. The van der Waals surface area contributed by atoms with Crippen molar-refractivity contribution in [2.45, 2.75) is 43.8 Å². The molecule has 33 heavy (non-hydrogen) atoms. The zero-order chi connectivity index (χ0) is 24.7. The van der Waals surface area contributed by atoms with Gasteiger partial charge in [0.1, 0.15) is 11.6 Å². The average molecular weight is 497 g/mol. The molecule has 1 aliphatic carbocycles. The fourth-order valence-electron chi connectivity index (χ4n) is 3.35. The Morgan fingerprint density at radius 3 is 2.52 bits per heavy atom. The van der Waals surface area contributed by atoms with Crippen molar-refractivity contribution in [1.29, 1.82) is 0 Å². The Bertz CT molecular complexity index is 901. The number of halogens is 4. The summed E-state index contributed by atoms with van der Waals surface area (Å²) >= 11 is 0. The highest BCUT2D eigenvalue weighted by molar-refractivity contribution is 7.46. The third kappa shape index (κ3) is 9.19. The van der Waals surface area contributed by atoms with Gasteiger partial charge in [0.25, 0.3) is 0 Å². The standard InChI is InChI=1S/C21H28F4NO6P/c22-18-6-2-1-4-16(18)5-3-11-31-19-8-7-15(12-17(19)21(23,24)25)9-10-20(26,13-27)14-32-33(28,29)30/h1-2,4,6,8,12,15,27H,3,5,7,9-11,13-14,26H2,(H2,28,29,30). The maximum atomic E-state index is 13.6. The van der Waals surface area contributed by atoms with Gasteiger partial charge in [0, 0.05) is 0 Å². The highest BCUT2D eigenvalue weighted by atomic mass is 31.2. The van der Waals surface area contributed by atoms with Gasteiger partial charge < -0.3 is 25.4 Å². The van der Waals surface area contributed by atoms with Crippen molar-refractivity contribution in [3.63, 3.8) is 0 Å². The number of allylic oxidation sites excluding steroid dienone is 3. The molecular weight excluding hydrogens is 469 g/mol. The Morgan fingerprint density at radius 1 is 1.21 bits per heavy atom. The minimum atomic E-state index is -4.81. The molecule has 0 heterocycles. The van der Waals surface area contributed by atoms with Crippen LogP contribution in [0.4, 0.5) is 17.6 Å². The number of nitrogens with two attached hydrogens (primary N) is 1. The Hall–Kier alpha value is -1.75. The van der Waals surface area contributed by atoms with Crippen LogP contribution in [0.2, 0.25) is 0 Å². The van der Waals surface area contributed by atoms with E-state index in [9.17, 15) is 27.2 Å². The van der Waals surface area contributed by atoms with E-state index in [1.54, 1.807) is 18.2 Å². The lowest BCUT2D eigenvalue weighted by atomic mass is 9.86. The molecule has 2 atom stereocenters. The van der Waals surface area contributed by atoms with Gasteiger partial charge in [-0.25, -0.2) is 8.96 Å². The molecule has 1 aromatic carbocycles. The Labute approximate surface area is 189 Å². The van der Waals surface area contributed by atoms with Crippen molar-refractivity contribution in [3.05, 3.63) is 59.1 Å². The molecule has 5 N–H and O–H groups in total. The second-order valence-corrected chi connectivity index (χ2v) is 9.25. The smallest absolute Gasteiger partial charge is 0.469 e. The van der Waals surface area contributed by atoms with E-state index < -0.39 is 44.2 Å². The number of hydrogen-bond donors (Lipinski definition) is 4. The number of rotatable bonds is 12. The van der Waals surface area contributed by atoms with Crippen LogP contribution in [-0.2, 0) is 20.2 Å². The van der Waals surface area contributed by atoms with E-state index in [-0.39, 0.29) is 37.4 Å². The van der Waals surface area contributed by atoms with E-state index in [4.69, 9.17) is 20.3 Å². The minimum Gasteiger partial charge on any atom is -0.493 e. The third-order valence-corrected chi connectivity index (χ3v) is 5.70. The van der Waals surface area contributed by atoms with Crippen molar-refractivity contribution in [2.24, 2.45) is 11.7 Å². The molecule has 0 fully saturated rings. The van der Waals surface area contributed by atoms with Crippen LogP contribution in [0, 0.1) is 11.7 Å². The molecule has 186 valence electrons. The summed E-state index contributed by atoms with van der Waals surface area (Å²) in [6.45, 7) is -1.33. The van der Waals surface area contributed by atoms with Gasteiger partial charge in [-0.15, -0.1) is 0 Å². The molecule has 0 saturated carbocycles. The summed E-state index contributed by atoms with van der Waals surface area (Å²) in [5.41, 5.74) is 3.90. The number of aliphatic hydroxyl groups excluding tert-OH is 1. The van der Waals surface area contributed by atoms with E-state index in [2.05, 4.69) is 4.52 Å². The molecule has 1 aromatic rings. The lowest BCUT2D eigenvalue weighted by molar-refractivity contribution is -0.0949. The van der Waals surface area contributed by atoms with Gasteiger partial charge in [-0.3, -0.25) is 4.52 Å². The minimum absolute atomic E-state index is 0.0195. The van der Waals surface area contributed by atoms with E-state index in [0.717, 1.165) is 6.08 Å². The summed E-state index contributed by atoms with van der Waals surface area (Å²) in [5, 5.41) is 9.45. The number of phosphoric acid groups is 1. The van der Waals surface area contributed by atoms with Crippen molar-refractivity contribution >= 4 is 7.82 Å². The van der Waals surface area contributed by atoms with E-state index in [0.29, 0.717) is 18.4 Å². The molecular formula is C21H28F4NO6P. The molecule has 0 amide bonds. The molecule has 0 saturated heterocycles. The molecule has 7 nitrogen and oxygen atoms in total. The first-order valence-corrected chi connectivity index (χ1v) is 11.8. The highest BCUT2D eigenvalue weighted by Crippen LogP contribution is 2.39. The van der Waals surface area contributed by atoms with E-state index in [1.165, 1.54) is 12.1 Å². The van der Waals surface area contributed by atoms with Crippen LogP contribution < -0.4 is 5.73 Å². The molecule has 12 heteroatoms. The summed E-state index contributed by atoms with van der Waals surface area (Å²) < 4.78 is 74.9. The van der Waals surface area contributed by atoms with Crippen LogP contribution in [0.1, 0.15) is 31.2 Å². The van der Waals surface area contributed by atoms with Gasteiger partial charge in [0.15, 0.2) is 0 Å². The fourth-order valence-corrected chi connectivity index (χ4v) is 3.78. The number of aliphatic hydroxyl groups is 1. The molecule has 0 bridgehead atoms. The average Bonchev–Trinajstić information content (AvgIpc) is 2.74. The Morgan fingerprint density at radius 2 is 1.91 bits per heavy atom. The molecule has 0 aromatic heterocycles. The van der Waals surface area contributed by atoms with E-state index >= 15 is 0 Å². The van der Waals surface area contributed by atoms with Crippen LogP contribution in [0.25, 0.3) is 0 Å². The summed E-state index contributed by atoms with van der Waals surface area (Å²) in [7, 11) is -4.81. The van der Waals surface area contributed by atoms with Crippen LogP contribution in [0.3, 0.4) is 0 Å². The van der Waals surface area contributed by atoms with Crippen molar-refractivity contribution < 1.29 is 46.3 Å². The maximum absolute atomic E-state index is 13.6. The molecule has 0 aliphatic heterocycles. The van der Waals surface area contributed by atoms with Crippen molar-refractivity contribution in [1.82, 2.24) is 0 Å². The lowest BCUT2D eigenvalue weighted by Crippen LogP contribution is -2.48. The monoisotopic (exact) mass is 497 g/mol. The first-order chi connectivity index (χ1) is 15.3. The number of hydrogen-bond acceptors (Lipinski definition) is 5. The van der Waals surface area contributed by atoms with Crippen molar-refractivity contribution in [2.75, 3.05) is 19.8 Å². The number of phosphoric ester groups is 1. The van der Waals surface area contributed by atoms with Gasteiger partial charge in [-0.2, -0.15) is 13.2 Å². The number of alkyl halides is 3. The fraction of sp³-hybridized carbons (Fsp3) is 0.524. The Balaban J connectivity index is 1.94. The molecule has 2 unspecified atom stereocenters.